The Labute approximate surface area is 126 Å². The van der Waals surface area contributed by atoms with Gasteiger partial charge in [-0.3, -0.25) is 0 Å². The molecule has 112 valence electrons. The molecule has 0 spiro atoms. The first-order valence-electron chi connectivity index (χ1n) is 7.30. The fourth-order valence-corrected chi connectivity index (χ4v) is 2.40. The van der Waals surface area contributed by atoms with Crippen LogP contribution in [0.5, 0.6) is 11.5 Å². The lowest BCUT2D eigenvalue weighted by Crippen LogP contribution is -2.16. The second-order valence-corrected chi connectivity index (χ2v) is 4.93. The van der Waals surface area contributed by atoms with Crippen molar-refractivity contribution in [3.05, 3.63) is 59.7 Å². The third-order valence-corrected chi connectivity index (χ3v) is 3.58. The molecule has 0 heterocycles. The molecule has 21 heavy (non-hydrogen) atoms. The van der Waals surface area contributed by atoms with Crippen molar-refractivity contribution in [2.75, 3.05) is 14.2 Å². The van der Waals surface area contributed by atoms with E-state index in [1.54, 1.807) is 7.11 Å². The van der Waals surface area contributed by atoms with Crippen LogP contribution >= 0.6 is 0 Å². The Morgan fingerprint density at radius 2 is 1.90 bits per heavy atom. The first kappa shape index (κ1) is 15.4. The first-order valence-corrected chi connectivity index (χ1v) is 7.30. The summed E-state index contributed by atoms with van der Waals surface area (Å²) in [5.41, 5.74) is 2.30. The van der Waals surface area contributed by atoms with Crippen LogP contribution in [0.25, 0.3) is 0 Å². The van der Waals surface area contributed by atoms with Crippen molar-refractivity contribution in [2.24, 2.45) is 0 Å². The lowest BCUT2D eigenvalue weighted by molar-refractivity contribution is 0.298. The van der Waals surface area contributed by atoms with Crippen molar-refractivity contribution in [1.82, 2.24) is 5.32 Å². The molecule has 2 aromatic carbocycles. The maximum atomic E-state index is 6.01. The Bertz CT molecular complexity index is 565. The van der Waals surface area contributed by atoms with Gasteiger partial charge in [-0.15, -0.1) is 0 Å². The van der Waals surface area contributed by atoms with Crippen molar-refractivity contribution >= 4 is 0 Å². The minimum atomic E-state index is 0.312. The molecule has 0 saturated heterocycles. The van der Waals surface area contributed by atoms with Gasteiger partial charge in [0.15, 0.2) is 0 Å². The number of para-hydroxylation sites is 1. The van der Waals surface area contributed by atoms with Crippen LogP contribution in [0, 0.1) is 0 Å². The molecule has 1 unspecified atom stereocenters. The highest BCUT2D eigenvalue weighted by Gasteiger charge is 2.12. The van der Waals surface area contributed by atoms with Crippen molar-refractivity contribution in [2.45, 2.75) is 26.0 Å². The average Bonchev–Trinajstić information content (AvgIpc) is 2.55. The fourth-order valence-electron chi connectivity index (χ4n) is 2.40. The summed E-state index contributed by atoms with van der Waals surface area (Å²) >= 11 is 0. The molecule has 0 aliphatic heterocycles. The zero-order chi connectivity index (χ0) is 15.1. The molecule has 2 aromatic rings. The molecule has 3 nitrogen and oxygen atoms in total. The first-order chi connectivity index (χ1) is 10.3. The third-order valence-electron chi connectivity index (χ3n) is 3.58. The van der Waals surface area contributed by atoms with Crippen LogP contribution in [0.3, 0.4) is 0 Å². The van der Waals surface area contributed by atoms with E-state index < -0.39 is 0 Å². The molecular formula is C18H23NO2. The van der Waals surface area contributed by atoms with Crippen molar-refractivity contribution in [3.8, 4) is 11.5 Å². The average molecular weight is 285 g/mol. The molecule has 1 N–H and O–H groups in total. The second-order valence-electron chi connectivity index (χ2n) is 4.93. The van der Waals surface area contributed by atoms with Crippen molar-refractivity contribution in [1.29, 1.82) is 0 Å². The van der Waals surface area contributed by atoms with E-state index in [4.69, 9.17) is 9.47 Å². The number of hydrogen-bond acceptors (Lipinski definition) is 3. The lowest BCUT2D eigenvalue weighted by Gasteiger charge is -2.18. The molecule has 0 aliphatic carbocycles. The maximum Gasteiger partial charge on any atom is 0.124 e. The number of methoxy groups -OCH3 is 1. The van der Waals surface area contributed by atoms with Crippen LogP contribution in [0.2, 0.25) is 0 Å². The normalized spacial score (nSPS) is 12.0. The van der Waals surface area contributed by atoms with Crippen LogP contribution < -0.4 is 14.8 Å². The van der Waals surface area contributed by atoms with E-state index in [0.717, 1.165) is 23.5 Å². The highest BCUT2D eigenvalue weighted by Crippen LogP contribution is 2.27. The summed E-state index contributed by atoms with van der Waals surface area (Å²) in [5.74, 6) is 1.78. The third kappa shape index (κ3) is 3.99. The molecular weight excluding hydrogens is 262 g/mol. The van der Waals surface area contributed by atoms with Gasteiger partial charge in [0, 0.05) is 11.6 Å². The Balaban J connectivity index is 2.12. The van der Waals surface area contributed by atoms with Gasteiger partial charge in [0.2, 0.25) is 0 Å². The number of nitrogens with one attached hydrogen (secondary N) is 1. The largest absolute Gasteiger partial charge is 0.497 e. The maximum absolute atomic E-state index is 6.01. The molecule has 3 heteroatoms. The van der Waals surface area contributed by atoms with E-state index in [1.807, 2.05) is 49.5 Å². The molecule has 0 radical (unpaired) electrons. The number of rotatable bonds is 7. The predicted octanol–water partition coefficient (Wildman–Crippen LogP) is 3.94. The van der Waals surface area contributed by atoms with Gasteiger partial charge < -0.3 is 14.8 Å². The van der Waals surface area contributed by atoms with E-state index in [9.17, 15) is 0 Å². The molecule has 0 fully saturated rings. The highest BCUT2D eigenvalue weighted by molar-refractivity contribution is 5.36. The van der Waals surface area contributed by atoms with E-state index in [0.29, 0.717) is 12.6 Å². The van der Waals surface area contributed by atoms with Gasteiger partial charge in [0.25, 0.3) is 0 Å². The molecule has 0 aliphatic rings. The van der Waals surface area contributed by atoms with Gasteiger partial charge in [-0.25, -0.2) is 0 Å². The summed E-state index contributed by atoms with van der Waals surface area (Å²) < 4.78 is 11.2. The monoisotopic (exact) mass is 285 g/mol. The van der Waals surface area contributed by atoms with Gasteiger partial charge >= 0.3 is 0 Å². The number of ether oxygens (including phenoxy) is 2. The van der Waals surface area contributed by atoms with Gasteiger partial charge in [-0.1, -0.05) is 37.3 Å². The summed E-state index contributed by atoms with van der Waals surface area (Å²) in [5, 5.41) is 3.32. The Morgan fingerprint density at radius 3 is 2.62 bits per heavy atom. The Kier molecular flexibility index (Phi) is 5.64. The summed E-state index contributed by atoms with van der Waals surface area (Å²) in [7, 11) is 3.65. The number of benzene rings is 2. The lowest BCUT2D eigenvalue weighted by atomic mass is 10.0. The van der Waals surface area contributed by atoms with Crippen molar-refractivity contribution in [3.63, 3.8) is 0 Å². The van der Waals surface area contributed by atoms with Gasteiger partial charge in [-0.2, -0.15) is 0 Å². The SMILES string of the molecule is CCC(NC)c1ccccc1OCc1cccc(OC)c1. The zero-order valence-electron chi connectivity index (χ0n) is 12.9. The summed E-state index contributed by atoms with van der Waals surface area (Å²) in [6.07, 6.45) is 1.02. The molecule has 0 amide bonds. The van der Waals surface area contributed by atoms with Gasteiger partial charge in [-0.05, 0) is 37.2 Å². The molecule has 2 rings (SSSR count). The second kappa shape index (κ2) is 7.70. The number of hydrogen-bond donors (Lipinski definition) is 1. The van der Waals surface area contributed by atoms with Crippen LogP contribution in [-0.4, -0.2) is 14.2 Å². The standard InChI is InChI=1S/C18H23NO2/c1-4-17(19-2)16-10-5-6-11-18(16)21-13-14-8-7-9-15(12-14)20-3/h5-12,17,19H,4,13H2,1-3H3. The summed E-state index contributed by atoms with van der Waals surface area (Å²) in [4.78, 5) is 0. The molecule has 0 saturated carbocycles. The van der Waals surface area contributed by atoms with Crippen LogP contribution in [0.1, 0.15) is 30.5 Å². The Hall–Kier alpha value is -2.00. The molecule has 1 atom stereocenters. The fraction of sp³-hybridized carbons (Fsp3) is 0.333. The van der Waals surface area contributed by atoms with Crippen LogP contribution in [0.15, 0.2) is 48.5 Å². The highest BCUT2D eigenvalue weighted by atomic mass is 16.5. The van der Waals surface area contributed by atoms with Crippen LogP contribution in [0.4, 0.5) is 0 Å². The minimum absolute atomic E-state index is 0.312. The van der Waals surface area contributed by atoms with Crippen molar-refractivity contribution < 1.29 is 9.47 Å². The van der Waals surface area contributed by atoms with Gasteiger partial charge in [0.1, 0.15) is 18.1 Å². The van der Waals surface area contributed by atoms with E-state index in [-0.39, 0.29) is 0 Å². The molecule has 0 bridgehead atoms. The zero-order valence-corrected chi connectivity index (χ0v) is 12.9. The summed E-state index contributed by atoms with van der Waals surface area (Å²) in [6, 6.07) is 16.5. The van der Waals surface area contributed by atoms with E-state index in [2.05, 4.69) is 18.3 Å². The smallest absolute Gasteiger partial charge is 0.124 e. The van der Waals surface area contributed by atoms with Crippen LogP contribution in [-0.2, 0) is 6.61 Å². The quantitative estimate of drug-likeness (QED) is 0.835. The van der Waals surface area contributed by atoms with Gasteiger partial charge in [0.05, 0.1) is 7.11 Å². The minimum Gasteiger partial charge on any atom is -0.497 e. The van der Waals surface area contributed by atoms with E-state index in [1.165, 1.54) is 5.56 Å². The predicted molar refractivity (Wildman–Crippen MR) is 85.9 cm³/mol. The Morgan fingerprint density at radius 1 is 1.10 bits per heavy atom. The molecule has 0 aromatic heterocycles. The van der Waals surface area contributed by atoms with E-state index >= 15 is 0 Å². The topological polar surface area (TPSA) is 30.5 Å². The summed E-state index contributed by atoms with van der Waals surface area (Å²) in [6.45, 7) is 2.70.